The minimum atomic E-state index is -3.88. The number of carboxylic acids is 1. The summed E-state index contributed by atoms with van der Waals surface area (Å²) in [7, 11) is -3.88. The Morgan fingerprint density at radius 3 is 2.62 bits per heavy atom. The van der Waals surface area contributed by atoms with E-state index in [1.165, 1.54) is 19.1 Å². The number of ether oxygens (including phenoxy) is 1. The molecule has 21 heavy (non-hydrogen) atoms. The monoisotopic (exact) mass is 317 g/mol. The van der Waals surface area contributed by atoms with E-state index < -0.39 is 22.1 Å². The van der Waals surface area contributed by atoms with Crippen LogP contribution < -0.4 is 9.46 Å². The lowest BCUT2D eigenvalue weighted by molar-refractivity contribution is 0.0692. The Morgan fingerprint density at radius 1 is 1.43 bits per heavy atom. The molecule has 0 aliphatic heterocycles. The second kappa shape index (κ2) is 7.39. The van der Waals surface area contributed by atoms with Crippen LogP contribution in [0, 0.1) is 0 Å². The molecule has 0 aliphatic carbocycles. The van der Waals surface area contributed by atoms with Crippen molar-refractivity contribution in [3.8, 4) is 5.75 Å². The average molecular weight is 317 g/mol. The number of benzene rings is 1. The van der Waals surface area contributed by atoms with Crippen LogP contribution in [0.1, 0.15) is 30.6 Å². The Kier molecular flexibility index (Phi) is 6.13. The van der Waals surface area contributed by atoms with Crippen LogP contribution in [0.25, 0.3) is 0 Å². The van der Waals surface area contributed by atoms with Crippen molar-refractivity contribution in [2.45, 2.75) is 31.3 Å². The van der Waals surface area contributed by atoms with Crippen LogP contribution >= 0.6 is 0 Å². The number of carboxylic acid groups (broad SMARTS) is 1. The minimum Gasteiger partial charge on any atom is -0.493 e. The average Bonchev–Trinajstić information content (AvgIpc) is 2.42. The summed E-state index contributed by atoms with van der Waals surface area (Å²) in [5.74, 6) is -1.15. The zero-order valence-electron chi connectivity index (χ0n) is 11.9. The van der Waals surface area contributed by atoms with Gasteiger partial charge in [0.25, 0.3) is 0 Å². The molecular weight excluding hydrogens is 298 g/mol. The summed E-state index contributed by atoms with van der Waals surface area (Å²) >= 11 is 0. The number of hydrogen-bond acceptors (Lipinski definition) is 5. The third kappa shape index (κ3) is 5.00. The van der Waals surface area contributed by atoms with Gasteiger partial charge < -0.3 is 14.9 Å². The predicted molar refractivity (Wildman–Crippen MR) is 76.1 cm³/mol. The minimum absolute atomic E-state index is 0.124. The van der Waals surface area contributed by atoms with Crippen molar-refractivity contribution in [1.29, 1.82) is 0 Å². The molecule has 0 fully saturated rings. The highest BCUT2D eigenvalue weighted by Crippen LogP contribution is 2.23. The van der Waals surface area contributed by atoms with Crippen molar-refractivity contribution in [2.24, 2.45) is 0 Å². The molecule has 3 N–H and O–H groups in total. The van der Waals surface area contributed by atoms with E-state index in [4.69, 9.17) is 14.9 Å². The molecule has 0 saturated heterocycles. The SMILES string of the molecule is CCCOc1ccc(S(=O)(=O)NC[C@@H](C)O)cc1C(=O)O. The van der Waals surface area contributed by atoms with Crippen LogP contribution in [0.2, 0.25) is 0 Å². The zero-order valence-corrected chi connectivity index (χ0v) is 12.7. The van der Waals surface area contributed by atoms with E-state index in [2.05, 4.69) is 4.72 Å². The van der Waals surface area contributed by atoms with Gasteiger partial charge in [-0.05, 0) is 31.5 Å². The molecule has 8 heteroatoms. The van der Waals surface area contributed by atoms with Gasteiger partial charge in [-0.2, -0.15) is 0 Å². The van der Waals surface area contributed by atoms with Gasteiger partial charge in [0.15, 0.2) is 0 Å². The fourth-order valence-electron chi connectivity index (χ4n) is 1.49. The molecule has 0 aromatic heterocycles. The quantitative estimate of drug-likeness (QED) is 0.654. The van der Waals surface area contributed by atoms with Gasteiger partial charge in [-0.15, -0.1) is 0 Å². The zero-order chi connectivity index (χ0) is 16.0. The van der Waals surface area contributed by atoms with Gasteiger partial charge in [-0.25, -0.2) is 17.9 Å². The summed E-state index contributed by atoms with van der Waals surface area (Å²) in [6, 6.07) is 3.62. The second-order valence-electron chi connectivity index (χ2n) is 4.51. The van der Waals surface area contributed by atoms with Crippen LogP contribution in [0.3, 0.4) is 0 Å². The first kappa shape index (κ1) is 17.4. The van der Waals surface area contributed by atoms with Gasteiger partial charge in [-0.3, -0.25) is 0 Å². The summed E-state index contributed by atoms with van der Waals surface area (Å²) in [6.45, 7) is 3.50. The van der Waals surface area contributed by atoms with Crippen LogP contribution in [-0.4, -0.2) is 43.9 Å². The van der Waals surface area contributed by atoms with E-state index in [1.54, 1.807) is 0 Å². The van der Waals surface area contributed by atoms with E-state index in [0.29, 0.717) is 13.0 Å². The third-order valence-electron chi connectivity index (χ3n) is 2.52. The Balaban J connectivity index is 3.10. The molecule has 1 aromatic rings. The van der Waals surface area contributed by atoms with Gasteiger partial charge >= 0.3 is 5.97 Å². The van der Waals surface area contributed by atoms with E-state index in [0.717, 1.165) is 6.07 Å². The van der Waals surface area contributed by atoms with Crippen molar-refractivity contribution < 1.29 is 28.2 Å². The van der Waals surface area contributed by atoms with Gasteiger partial charge in [0.1, 0.15) is 11.3 Å². The summed E-state index contributed by atoms with van der Waals surface area (Å²) in [5, 5.41) is 18.2. The molecule has 1 rings (SSSR count). The molecule has 7 nitrogen and oxygen atoms in total. The third-order valence-corrected chi connectivity index (χ3v) is 3.94. The van der Waals surface area contributed by atoms with Crippen molar-refractivity contribution in [1.82, 2.24) is 4.72 Å². The molecule has 0 bridgehead atoms. The Hall–Kier alpha value is -1.64. The summed E-state index contributed by atoms with van der Waals surface area (Å²) in [6.07, 6.45) is -0.138. The predicted octanol–water partition coefficient (Wildman–Crippen LogP) is 0.833. The Bertz CT molecular complexity index is 597. The van der Waals surface area contributed by atoms with Crippen molar-refractivity contribution in [2.75, 3.05) is 13.2 Å². The van der Waals surface area contributed by atoms with E-state index >= 15 is 0 Å². The van der Waals surface area contributed by atoms with Gasteiger partial charge in [-0.1, -0.05) is 6.92 Å². The summed E-state index contributed by atoms with van der Waals surface area (Å²) in [4.78, 5) is 11.0. The second-order valence-corrected chi connectivity index (χ2v) is 6.28. The maximum absolute atomic E-state index is 12.0. The number of aromatic carboxylic acids is 1. The number of aliphatic hydroxyl groups excluding tert-OH is 1. The van der Waals surface area contributed by atoms with Crippen LogP contribution in [-0.2, 0) is 10.0 Å². The van der Waals surface area contributed by atoms with Crippen molar-refractivity contribution in [3.05, 3.63) is 23.8 Å². The van der Waals surface area contributed by atoms with Crippen LogP contribution in [0.5, 0.6) is 5.75 Å². The maximum atomic E-state index is 12.0. The van der Waals surface area contributed by atoms with Gasteiger partial charge in [0, 0.05) is 6.54 Å². The van der Waals surface area contributed by atoms with E-state index in [1.807, 2.05) is 6.92 Å². The largest absolute Gasteiger partial charge is 0.493 e. The fourth-order valence-corrected chi connectivity index (χ4v) is 2.64. The van der Waals surface area contributed by atoms with E-state index in [-0.39, 0.29) is 22.8 Å². The molecule has 1 atom stereocenters. The molecule has 1 aromatic carbocycles. The highest BCUT2D eigenvalue weighted by molar-refractivity contribution is 7.89. The first-order valence-electron chi connectivity index (χ1n) is 6.45. The van der Waals surface area contributed by atoms with Crippen molar-refractivity contribution >= 4 is 16.0 Å². The lowest BCUT2D eigenvalue weighted by atomic mass is 10.2. The standard InChI is InChI=1S/C13H19NO6S/c1-3-6-20-12-5-4-10(7-11(12)13(16)17)21(18,19)14-8-9(2)15/h4-5,7,9,14-15H,3,6,8H2,1-2H3,(H,16,17)/t9-/m1/s1. The van der Waals surface area contributed by atoms with Gasteiger partial charge in [0.05, 0.1) is 17.6 Å². The molecule has 0 aliphatic rings. The first-order valence-corrected chi connectivity index (χ1v) is 7.94. The smallest absolute Gasteiger partial charge is 0.339 e. The lowest BCUT2D eigenvalue weighted by Crippen LogP contribution is -2.30. The number of carbonyl (C=O) groups is 1. The summed E-state index contributed by atoms with van der Waals surface area (Å²) in [5.41, 5.74) is -0.219. The molecule has 0 unspecified atom stereocenters. The Morgan fingerprint density at radius 2 is 2.10 bits per heavy atom. The van der Waals surface area contributed by atoms with E-state index in [9.17, 15) is 13.2 Å². The number of sulfonamides is 1. The normalized spacial score (nSPS) is 12.9. The molecule has 0 radical (unpaired) electrons. The highest BCUT2D eigenvalue weighted by Gasteiger charge is 2.19. The number of rotatable bonds is 8. The summed E-state index contributed by atoms with van der Waals surface area (Å²) < 4.78 is 31.4. The molecule has 0 amide bonds. The van der Waals surface area contributed by atoms with Crippen LogP contribution in [0.4, 0.5) is 0 Å². The van der Waals surface area contributed by atoms with Crippen LogP contribution in [0.15, 0.2) is 23.1 Å². The lowest BCUT2D eigenvalue weighted by Gasteiger charge is -2.12. The molecular formula is C13H19NO6S. The molecule has 118 valence electrons. The molecule has 0 spiro atoms. The highest BCUT2D eigenvalue weighted by atomic mass is 32.2. The number of nitrogens with one attached hydrogen (secondary N) is 1. The van der Waals surface area contributed by atoms with Gasteiger partial charge in [0.2, 0.25) is 10.0 Å². The van der Waals surface area contributed by atoms with Crippen molar-refractivity contribution in [3.63, 3.8) is 0 Å². The number of aliphatic hydroxyl groups is 1. The first-order chi connectivity index (χ1) is 9.77. The number of hydrogen-bond donors (Lipinski definition) is 3. The Labute approximate surface area is 123 Å². The maximum Gasteiger partial charge on any atom is 0.339 e. The fraction of sp³-hybridized carbons (Fsp3) is 0.462. The topological polar surface area (TPSA) is 113 Å². The molecule has 0 heterocycles. The molecule has 0 saturated carbocycles.